The Morgan fingerprint density at radius 3 is 2.89 bits per heavy atom. The number of rotatable bonds is 5. The van der Waals surface area contributed by atoms with Crippen LogP contribution in [-0.4, -0.2) is 40.4 Å². The van der Waals surface area contributed by atoms with Gasteiger partial charge in [0.05, 0.1) is 17.6 Å². The van der Waals surface area contributed by atoms with Crippen molar-refractivity contribution in [3.8, 4) is 0 Å². The van der Waals surface area contributed by atoms with E-state index in [0.717, 1.165) is 48.4 Å². The van der Waals surface area contributed by atoms with Gasteiger partial charge in [0.15, 0.2) is 0 Å². The molecule has 1 unspecified atom stereocenters. The van der Waals surface area contributed by atoms with Crippen molar-refractivity contribution in [2.45, 2.75) is 25.3 Å². The molecule has 27 heavy (non-hydrogen) atoms. The van der Waals surface area contributed by atoms with Gasteiger partial charge in [0.2, 0.25) is 5.91 Å². The number of aromatic amines is 1. The summed E-state index contributed by atoms with van der Waals surface area (Å²) in [5.74, 6) is 1.39. The third-order valence-corrected chi connectivity index (χ3v) is 5.47. The number of fused-ring (bicyclic) bond motifs is 1. The Labute approximate surface area is 163 Å². The summed E-state index contributed by atoms with van der Waals surface area (Å²) in [7, 11) is 0. The van der Waals surface area contributed by atoms with Crippen LogP contribution in [0.1, 0.15) is 30.1 Å². The van der Waals surface area contributed by atoms with Crippen LogP contribution < -0.4 is 5.32 Å². The lowest BCUT2D eigenvalue weighted by atomic mass is 9.97. The third kappa shape index (κ3) is 4.31. The number of imidazole rings is 1. The Hall–Kier alpha value is -2.37. The molecular weight excluding hydrogens is 360 g/mol. The maximum atomic E-state index is 12.4. The minimum absolute atomic E-state index is 0.0279. The Bertz CT molecular complexity index is 906. The number of likely N-dealkylation sites (tertiary alicyclic amines) is 1. The second-order valence-electron chi connectivity index (χ2n) is 7.08. The largest absolute Gasteiger partial charge is 0.351 e. The fourth-order valence-corrected chi connectivity index (χ4v) is 3.89. The lowest BCUT2D eigenvalue weighted by molar-refractivity contribution is -0.122. The fraction of sp³-hybridized carbons (Fsp3) is 0.333. The summed E-state index contributed by atoms with van der Waals surface area (Å²) in [4.78, 5) is 22.7. The highest BCUT2D eigenvalue weighted by Crippen LogP contribution is 2.26. The molecular formula is C21H23ClN4O. The number of piperidine rings is 1. The first-order valence-corrected chi connectivity index (χ1v) is 9.74. The van der Waals surface area contributed by atoms with Gasteiger partial charge in [-0.1, -0.05) is 41.9 Å². The first-order chi connectivity index (χ1) is 13.2. The van der Waals surface area contributed by atoms with Gasteiger partial charge < -0.3 is 10.3 Å². The van der Waals surface area contributed by atoms with Crippen molar-refractivity contribution in [1.29, 1.82) is 0 Å². The number of para-hydroxylation sites is 2. The van der Waals surface area contributed by atoms with Crippen LogP contribution in [0.4, 0.5) is 0 Å². The number of benzene rings is 2. The summed E-state index contributed by atoms with van der Waals surface area (Å²) < 4.78 is 0. The summed E-state index contributed by atoms with van der Waals surface area (Å²) in [6, 6.07) is 15.7. The van der Waals surface area contributed by atoms with Crippen LogP contribution in [-0.2, 0) is 11.3 Å². The Morgan fingerprint density at radius 1 is 1.22 bits per heavy atom. The van der Waals surface area contributed by atoms with Crippen LogP contribution in [0.2, 0.25) is 5.02 Å². The molecule has 1 aliphatic heterocycles. The van der Waals surface area contributed by atoms with Crippen molar-refractivity contribution >= 4 is 28.5 Å². The SMILES string of the molecule is O=C(CN1CCCC(c2nc3ccccc3[nH]2)C1)NCc1ccccc1Cl. The highest BCUT2D eigenvalue weighted by Gasteiger charge is 2.25. The summed E-state index contributed by atoms with van der Waals surface area (Å²) in [6.07, 6.45) is 2.16. The number of hydrogen-bond donors (Lipinski definition) is 2. The molecule has 1 aromatic heterocycles. The molecule has 3 aromatic rings. The van der Waals surface area contributed by atoms with Gasteiger partial charge in [-0.3, -0.25) is 9.69 Å². The number of H-pyrrole nitrogens is 1. The van der Waals surface area contributed by atoms with Gasteiger partial charge in [0.1, 0.15) is 5.82 Å². The molecule has 1 atom stereocenters. The van der Waals surface area contributed by atoms with E-state index in [9.17, 15) is 4.79 Å². The van der Waals surface area contributed by atoms with Crippen LogP contribution in [0.5, 0.6) is 0 Å². The summed E-state index contributed by atoms with van der Waals surface area (Å²) in [5, 5.41) is 3.66. The highest BCUT2D eigenvalue weighted by molar-refractivity contribution is 6.31. The van der Waals surface area contributed by atoms with E-state index in [4.69, 9.17) is 16.6 Å². The molecule has 6 heteroatoms. The monoisotopic (exact) mass is 382 g/mol. The number of nitrogens with zero attached hydrogens (tertiary/aromatic N) is 2. The quantitative estimate of drug-likeness (QED) is 0.707. The first kappa shape index (κ1) is 18.0. The Kier molecular flexibility index (Phi) is 5.41. The van der Waals surface area contributed by atoms with Gasteiger partial charge in [-0.2, -0.15) is 0 Å². The van der Waals surface area contributed by atoms with Crippen molar-refractivity contribution in [3.05, 3.63) is 64.9 Å². The average molecular weight is 383 g/mol. The second kappa shape index (κ2) is 8.11. The molecule has 0 spiro atoms. The number of hydrogen-bond acceptors (Lipinski definition) is 3. The van der Waals surface area contributed by atoms with Crippen molar-refractivity contribution in [2.75, 3.05) is 19.6 Å². The topological polar surface area (TPSA) is 61.0 Å². The van der Waals surface area contributed by atoms with E-state index in [1.807, 2.05) is 42.5 Å². The van der Waals surface area contributed by atoms with E-state index in [1.165, 1.54) is 0 Å². The highest BCUT2D eigenvalue weighted by atomic mass is 35.5. The van der Waals surface area contributed by atoms with E-state index >= 15 is 0 Å². The fourth-order valence-electron chi connectivity index (χ4n) is 3.68. The van der Waals surface area contributed by atoms with Crippen molar-refractivity contribution in [2.24, 2.45) is 0 Å². The first-order valence-electron chi connectivity index (χ1n) is 9.36. The molecule has 1 amide bonds. The predicted octanol–water partition coefficient (Wildman–Crippen LogP) is 3.71. The van der Waals surface area contributed by atoms with Gasteiger partial charge in [-0.05, 0) is 43.1 Å². The predicted molar refractivity (Wildman–Crippen MR) is 108 cm³/mol. The minimum atomic E-state index is 0.0279. The maximum Gasteiger partial charge on any atom is 0.234 e. The zero-order chi connectivity index (χ0) is 18.6. The summed E-state index contributed by atoms with van der Waals surface area (Å²) in [6.45, 7) is 2.65. The minimum Gasteiger partial charge on any atom is -0.351 e. The van der Waals surface area contributed by atoms with Crippen LogP contribution in [0, 0.1) is 0 Å². The molecule has 0 saturated carbocycles. The molecule has 0 bridgehead atoms. The van der Waals surface area contributed by atoms with Gasteiger partial charge in [0.25, 0.3) is 0 Å². The number of amides is 1. The van der Waals surface area contributed by atoms with Crippen molar-refractivity contribution in [3.63, 3.8) is 0 Å². The van der Waals surface area contributed by atoms with Gasteiger partial charge >= 0.3 is 0 Å². The molecule has 1 aliphatic rings. The van der Waals surface area contributed by atoms with Crippen LogP contribution in [0.25, 0.3) is 11.0 Å². The number of halogens is 1. The molecule has 5 nitrogen and oxygen atoms in total. The van der Waals surface area contributed by atoms with Gasteiger partial charge in [-0.25, -0.2) is 4.98 Å². The van der Waals surface area contributed by atoms with E-state index in [-0.39, 0.29) is 5.91 Å². The molecule has 1 saturated heterocycles. The molecule has 4 rings (SSSR count). The molecule has 0 aliphatic carbocycles. The number of aromatic nitrogens is 2. The number of nitrogens with one attached hydrogen (secondary N) is 2. The third-order valence-electron chi connectivity index (χ3n) is 5.10. The normalized spacial score (nSPS) is 17.9. The molecule has 2 heterocycles. The second-order valence-corrected chi connectivity index (χ2v) is 7.49. The summed E-state index contributed by atoms with van der Waals surface area (Å²) in [5.41, 5.74) is 3.01. The molecule has 0 radical (unpaired) electrons. The Morgan fingerprint density at radius 2 is 2.04 bits per heavy atom. The van der Waals surface area contributed by atoms with Crippen LogP contribution in [0.3, 0.4) is 0 Å². The van der Waals surface area contributed by atoms with Crippen molar-refractivity contribution in [1.82, 2.24) is 20.2 Å². The molecule has 1 fully saturated rings. The lowest BCUT2D eigenvalue weighted by Gasteiger charge is -2.31. The number of carbonyl (C=O) groups excluding carboxylic acids is 1. The van der Waals surface area contributed by atoms with Gasteiger partial charge in [-0.15, -0.1) is 0 Å². The zero-order valence-corrected chi connectivity index (χ0v) is 15.9. The van der Waals surface area contributed by atoms with E-state index in [0.29, 0.717) is 24.0 Å². The van der Waals surface area contributed by atoms with Crippen LogP contribution in [0.15, 0.2) is 48.5 Å². The lowest BCUT2D eigenvalue weighted by Crippen LogP contribution is -2.42. The smallest absolute Gasteiger partial charge is 0.234 e. The van der Waals surface area contributed by atoms with E-state index in [2.05, 4.69) is 21.3 Å². The molecule has 140 valence electrons. The summed E-state index contributed by atoms with van der Waals surface area (Å²) >= 11 is 6.15. The maximum absolute atomic E-state index is 12.4. The van der Waals surface area contributed by atoms with Crippen LogP contribution >= 0.6 is 11.6 Å². The standard InChI is InChI=1S/C21H23ClN4O/c22-17-8-2-1-6-15(17)12-23-20(27)14-26-11-5-7-16(13-26)21-24-18-9-3-4-10-19(18)25-21/h1-4,6,8-10,16H,5,7,11-14H2,(H,23,27)(H,24,25). The van der Waals surface area contributed by atoms with Gasteiger partial charge in [0, 0.05) is 24.0 Å². The average Bonchev–Trinajstić information content (AvgIpc) is 3.12. The van der Waals surface area contributed by atoms with E-state index in [1.54, 1.807) is 0 Å². The molecule has 2 aromatic carbocycles. The zero-order valence-electron chi connectivity index (χ0n) is 15.1. The Balaban J connectivity index is 1.34. The number of carbonyl (C=O) groups is 1. The van der Waals surface area contributed by atoms with E-state index < -0.39 is 0 Å². The molecule has 2 N–H and O–H groups in total. The van der Waals surface area contributed by atoms with Crippen molar-refractivity contribution < 1.29 is 4.79 Å².